The first kappa shape index (κ1) is 33.5. The summed E-state index contributed by atoms with van der Waals surface area (Å²) in [6, 6.07) is 65.3. The van der Waals surface area contributed by atoms with Crippen LogP contribution in [0.4, 0.5) is 0 Å². The first-order valence-corrected chi connectivity index (χ1v) is 19.5. The highest BCUT2D eigenvalue weighted by atomic mass is 32.1. The Kier molecular flexibility index (Phi) is 8.55. The fourth-order valence-electron chi connectivity index (χ4n) is 7.68. The number of fused-ring (bicyclic) bond motifs is 6. The number of aliphatic imine (C=N–C) groups is 2. The second-order valence-electron chi connectivity index (χ2n) is 13.9. The van der Waals surface area contributed by atoms with E-state index in [1.165, 1.54) is 36.9 Å². The van der Waals surface area contributed by atoms with Crippen LogP contribution in [0.15, 0.2) is 202 Å². The van der Waals surface area contributed by atoms with Crippen LogP contribution in [0.3, 0.4) is 0 Å². The monoisotopic (exact) mass is 737 g/mol. The molecule has 0 fully saturated rings. The maximum absolute atomic E-state index is 7.01. The van der Waals surface area contributed by atoms with Gasteiger partial charge in [-0.3, -0.25) is 4.99 Å². The van der Waals surface area contributed by atoms with Crippen molar-refractivity contribution in [3.63, 3.8) is 0 Å². The van der Waals surface area contributed by atoms with Gasteiger partial charge in [0.25, 0.3) is 0 Å². The number of nitrogens with zero attached hydrogens (tertiary/aromatic N) is 2. The minimum atomic E-state index is 0.376. The third-order valence-corrected chi connectivity index (χ3v) is 11.6. The fraction of sp³-hybridized carbons (Fsp3) is 0.0196. The lowest BCUT2D eigenvalue weighted by Gasteiger charge is -2.10. The zero-order valence-corrected chi connectivity index (χ0v) is 31.2. The Bertz CT molecular complexity index is 3090. The van der Waals surface area contributed by atoms with E-state index in [9.17, 15) is 0 Å². The summed E-state index contributed by atoms with van der Waals surface area (Å²) in [5.74, 6) is 0.947. The summed E-state index contributed by atoms with van der Waals surface area (Å²) in [6.45, 7) is 0.477. The van der Waals surface area contributed by atoms with Crippen molar-refractivity contribution in [1.82, 2.24) is 0 Å². The number of hydrogen-bond donors (Lipinski definition) is 1. The van der Waals surface area contributed by atoms with Crippen LogP contribution in [0, 0.1) is 0 Å². The van der Waals surface area contributed by atoms with E-state index in [-0.39, 0.29) is 0 Å². The molecule has 10 rings (SSSR count). The van der Waals surface area contributed by atoms with E-state index >= 15 is 0 Å². The Hall–Kier alpha value is -7.08. The largest absolute Gasteiger partial charge is 0.456 e. The molecule has 56 heavy (non-hydrogen) atoms. The van der Waals surface area contributed by atoms with Crippen molar-refractivity contribution in [3.05, 3.63) is 205 Å². The van der Waals surface area contributed by atoms with Gasteiger partial charge in [0.05, 0.1) is 6.54 Å². The Morgan fingerprint density at radius 3 is 1.96 bits per heavy atom. The Morgan fingerprint density at radius 1 is 0.518 bits per heavy atom. The number of furan rings is 1. The van der Waals surface area contributed by atoms with Crippen molar-refractivity contribution in [2.75, 3.05) is 0 Å². The molecule has 8 aromatic carbocycles. The molecule has 5 heteroatoms. The Morgan fingerprint density at radius 2 is 1.18 bits per heavy atom. The second kappa shape index (κ2) is 14.3. The molecular formula is C51H35N3OS. The molecule has 4 nitrogen and oxygen atoms in total. The Balaban J connectivity index is 1.10. The summed E-state index contributed by atoms with van der Waals surface area (Å²) in [6.07, 6.45) is 0. The smallest absolute Gasteiger partial charge is 0.157 e. The predicted octanol–water partition coefficient (Wildman–Crippen LogP) is 13.3. The van der Waals surface area contributed by atoms with Crippen LogP contribution in [-0.2, 0) is 6.54 Å². The van der Waals surface area contributed by atoms with Crippen molar-refractivity contribution in [3.8, 4) is 33.4 Å². The van der Waals surface area contributed by atoms with Crippen molar-refractivity contribution in [1.29, 1.82) is 0 Å². The molecule has 0 amide bonds. The molecule has 0 atom stereocenters. The lowest BCUT2D eigenvalue weighted by Crippen LogP contribution is -2.17. The van der Waals surface area contributed by atoms with Crippen LogP contribution in [0.1, 0.15) is 16.7 Å². The first-order chi connectivity index (χ1) is 27.7. The van der Waals surface area contributed by atoms with Crippen LogP contribution in [0.5, 0.6) is 0 Å². The molecular weight excluding hydrogens is 703 g/mol. The number of nitrogens with two attached hydrogens (primary N) is 1. The van der Waals surface area contributed by atoms with E-state index in [2.05, 4.69) is 146 Å². The minimum Gasteiger partial charge on any atom is -0.456 e. The van der Waals surface area contributed by atoms with E-state index in [4.69, 9.17) is 20.1 Å². The highest BCUT2D eigenvalue weighted by Crippen LogP contribution is 2.45. The van der Waals surface area contributed by atoms with Gasteiger partial charge in [-0.25, -0.2) is 4.99 Å². The van der Waals surface area contributed by atoms with E-state index in [1.807, 2.05) is 53.8 Å². The molecule has 0 saturated heterocycles. The molecule has 0 spiro atoms. The SMILES string of the molecule is NC(=NC(=NCc1ccccc1)c1ccc(-c2ccccc2)cc1)c1cccc2oc3ccc(-c4ccc(-c5ccccc5)c5sc6ccccc6c45)cc3c12. The highest BCUT2D eigenvalue weighted by molar-refractivity contribution is 7.26. The van der Waals surface area contributed by atoms with E-state index in [1.54, 1.807) is 0 Å². The van der Waals surface area contributed by atoms with Gasteiger partial charge in [0, 0.05) is 42.1 Å². The zero-order valence-electron chi connectivity index (χ0n) is 30.4. The molecule has 2 aromatic heterocycles. The third kappa shape index (κ3) is 6.14. The second-order valence-corrected chi connectivity index (χ2v) is 14.9. The summed E-state index contributed by atoms with van der Waals surface area (Å²) in [4.78, 5) is 10.1. The molecule has 0 radical (unpaired) electrons. The molecule has 10 aromatic rings. The molecule has 0 aliphatic rings. The van der Waals surface area contributed by atoms with E-state index < -0.39 is 0 Å². The number of rotatable bonds is 7. The molecule has 0 aliphatic heterocycles. The molecule has 266 valence electrons. The van der Waals surface area contributed by atoms with Crippen LogP contribution in [0.2, 0.25) is 0 Å². The summed E-state index contributed by atoms with van der Waals surface area (Å²) in [5.41, 5.74) is 18.4. The van der Waals surface area contributed by atoms with Gasteiger partial charge in [-0.15, -0.1) is 11.3 Å². The van der Waals surface area contributed by atoms with Gasteiger partial charge in [-0.2, -0.15) is 0 Å². The van der Waals surface area contributed by atoms with Crippen molar-refractivity contribution >= 4 is 65.1 Å². The lowest BCUT2D eigenvalue weighted by atomic mass is 9.94. The molecule has 0 saturated carbocycles. The van der Waals surface area contributed by atoms with Crippen molar-refractivity contribution < 1.29 is 4.42 Å². The van der Waals surface area contributed by atoms with Gasteiger partial charge < -0.3 is 10.2 Å². The van der Waals surface area contributed by atoms with Gasteiger partial charge in [0.2, 0.25) is 0 Å². The maximum atomic E-state index is 7.01. The van der Waals surface area contributed by atoms with Crippen LogP contribution >= 0.6 is 11.3 Å². The van der Waals surface area contributed by atoms with E-state index in [0.717, 1.165) is 55.3 Å². The zero-order chi connectivity index (χ0) is 37.4. The molecule has 0 bridgehead atoms. The topological polar surface area (TPSA) is 63.9 Å². The average molecular weight is 738 g/mol. The van der Waals surface area contributed by atoms with Gasteiger partial charge in [-0.1, -0.05) is 164 Å². The number of thiophene rings is 1. The molecule has 2 heterocycles. The molecule has 0 aliphatic carbocycles. The number of hydrogen-bond acceptors (Lipinski definition) is 3. The van der Waals surface area contributed by atoms with Gasteiger partial charge >= 0.3 is 0 Å². The van der Waals surface area contributed by atoms with Crippen LogP contribution < -0.4 is 5.73 Å². The number of amidine groups is 2. The summed E-state index contributed by atoms with van der Waals surface area (Å²) < 4.78 is 9.02. The quantitative estimate of drug-likeness (QED) is 0.131. The normalized spacial score (nSPS) is 12.3. The highest BCUT2D eigenvalue weighted by Gasteiger charge is 2.19. The minimum absolute atomic E-state index is 0.376. The van der Waals surface area contributed by atoms with Crippen LogP contribution in [-0.4, -0.2) is 11.7 Å². The summed E-state index contributed by atoms with van der Waals surface area (Å²) in [7, 11) is 0. The third-order valence-electron chi connectivity index (χ3n) is 10.4. The van der Waals surface area contributed by atoms with Gasteiger partial charge in [0.1, 0.15) is 17.0 Å². The van der Waals surface area contributed by atoms with Gasteiger partial charge in [0.15, 0.2) is 5.84 Å². The summed E-state index contributed by atoms with van der Waals surface area (Å²) in [5, 5.41) is 4.44. The number of benzene rings is 8. The predicted molar refractivity (Wildman–Crippen MR) is 237 cm³/mol. The van der Waals surface area contributed by atoms with Crippen LogP contribution in [0.25, 0.3) is 75.5 Å². The fourth-order valence-corrected chi connectivity index (χ4v) is 8.94. The Labute approximate surface area is 328 Å². The average Bonchev–Trinajstić information content (AvgIpc) is 3.85. The molecule has 0 unspecified atom stereocenters. The first-order valence-electron chi connectivity index (χ1n) is 18.7. The van der Waals surface area contributed by atoms with Crippen molar-refractivity contribution in [2.45, 2.75) is 6.54 Å². The molecule has 2 N–H and O–H groups in total. The standard InChI is InChI=1S/C51H35N3OS/c52-50(54-51(53-32-33-13-4-1-5-14-33)37-25-23-35(24-26-37)34-15-6-2-7-16-34)42-20-12-21-45-47(42)43-31-38(27-30-44(43)55-45)39-28-29-40(36-17-8-3-9-18-36)49-48(39)41-19-10-11-22-46(41)56-49/h1-31H,32H2,(H2,52,53,54). The summed E-state index contributed by atoms with van der Waals surface area (Å²) >= 11 is 1.85. The van der Waals surface area contributed by atoms with E-state index in [0.29, 0.717) is 18.2 Å². The van der Waals surface area contributed by atoms with Gasteiger partial charge in [-0.05, 0) is 63.2 Å². The lowest BCUT2D eigenvalue weighted by molar-refractivity contribution is 0.669. The maximum Gasteiger partial charge on any atom is 0.157 e. The van der Waals surface area contributed by atoms with Crippen molar-refractivity contribution in [2.24, 2.45) is 15.7 Å².